The van der Waals surface area contributed by atoms with Crippen LogP contribution in [0.15, 0.2) is 23.2 Å². The summed E-state index contributed by atoms with van der Waals surface area (Å²) in [5.41, 5.74) is 0.196. The Kier molecular flexibility index (Phi) is 5.55. The molecule has 0 bridgehead atoms. The lowest BCUT2D eigenvalue weighted by atomic mass is 10.1. The fourth-order valence-corrected chi connectivity index (χ4v) is 1.56. The monoisotopic (exact) mass is 318 g/mol. The maximum Gasteiger partial charge on any atom is 0.237 e. The molecule has 1 rings (SSSR count). The first-order valence-corrected chi connectivity index (χ1v) is 6.31. The van der Waals surface area contributed by atoms with Gasteiger partial charge in [-0.15, -0.1) is 0 Å². The van der Waals surface area contributed by atoms with Gasteiger partial charge in [0.1, 0.15) is 11.6 Å². The van der Waals surface area contributed by atoms with Crippen molar-refractivity contribution in [3.8, 4) is 0 Å². The van der Waals surface area contributed by atoms with Crippen molar-refractivity contribution >= 4 is 26.5 Å². The van der Waals surface area contributed by atoms with Crippen LogP contribution in [0.2, 0.25) is 0 Å². The summed E-state index contributed by atoms with van der Waals surface area (Å²) in [7, 11) is 0. The van der Waals surface area contributed by atoms with E-state index >= 15 is 0 Å². The predicted molar refractivity (Wildman–Crippen MR) is 71.2 cm³/mol. The van der Waals surface area contributed by atoms with Crippen LogP contribution in [0.5, 0.6) is 0 Å². The van der Waals surface area contributed by atoms with Gasteiger partial charge in [-0.2, -0.15) is 4.99 Å². The normalized spacial score (nSPS) is 12.0. The van der Waals surface area contributed by atoms with Crippen molar-refractivity contribution in [2.24, 2.45) is 10.9 Å². The largest absolute Gasteiger partial charge is 0.296 e. The zero-order chi connectivity index (χ0) is 13.7. The highest BCUT2D eigenvalue weighted by Crippen LogP contribution is 2.09. The Morgan fingerprint density at radius 3 is 2.61 bits per heavy atom. The summed E-state index contributed by atoms with van der Waals surface area (Å²) in [6.07, 6.45) is 0. The Morgan fingerprint density at radius 2 is 2.11 bits per heavy atom. The fraction of sp³-hybridized carbons (Fsp3) is 0.333. The van der Waals surface area contributed by atoms with Crippen LogP contribution in [-0.4, -0.2) is 17.1 Å². The number of aliphatic imine (C=N–C) groups is 1. The highest BCUT2D eigenvalue weighted by molar-refractivity contribution is 9.18. The molecule has 0 aliphatic rings. The average Bonchev–Trinajstić information content (AvgIpc) is 2.24. The molecule has 0 saturated carbocycles. The van der Waals surface area contributed by atoms with Crippen LogP contribution in [0, 0.1) is 23.0 Å². The van der Waals surface area contributed by atoms with Crippen molar-refractivity contribution in [1.82, 2.24) is 0 Å². The number of nitrogens with zero attached hydrogens (tertiary/aromatic N) is 1. The molecular weight excluding hydrogens is 304 g/mol. The zero-order valence-electron chi connectivity index (χ0n) is 10.2. The molecule has 0 unspecified atom stereocenters. The number of halogens is 3. The van der Waals surface area contributed by atoms with Gasteiger partial charge >= 0.3 is 0 Å². The molecule has 0 aliphatic carbocycles. The molecule has 1 aromatic rings. The van der Waals surface area contributed by atoms with Crippen LogP contribution in [-0.2, 0) is 0 Å². The van der Waals surface area contributed by atoms with Crippen LogP contribution in [0.4, 0.5) is 8.78 Å². The first kappa shape index (κ1) is 14.9. The Bertz CT molecular complexity index is 472. The van der Waals surface area contributed by atoms with E-state index in [0.717, 1.165) is 6.07 Å². The number of nitrogens with one attached hydrogen (secondary N) is 1. The van der Waals surface area contributed by atoms with E-state index in [-0.39, 0.29) is 10.3 Å². The van der Waals surface area contributed by atoms with Gasteiger partial charge in [-0.25, -0.2) is 8.78 Å². The third kappa shape index (κ3) is 4.62. The van der Waals surface area contributed by atoms with Gasteiger partial charge in [0.05, 0.1) is 12.1 Å². The second-order valence-corrected chi connectivity index (χ2v) is 5.00. The molecule has 0 saturated heterocycles. The molecule has 0 aliphatic heterocycles. The third-order valence-electron chi connectivity index (χ3n) is 2.21. The number of quaternary nitrogens is 1. The van der Waals surface area contributed by atoms with E-state index in [1.807, 2.05) is 13.8 Å². The Hall–Kier alpha value is -1.14. The maximum atomic E-state index is 13.6. The van der Waals surface area contributed by atoms with Crippen LogP contribution >= 0.6 is 15.9 Å². The molecule has 0 aromatic heterocycles. The van der Waals surface area contributed by atoms with Crippen molar-refractivity contribution in [3.63, 3.8) is 0 Å². The van der Waals surface area contributed by atoms with Gasteiger partial charge in [0.25, 0.3) is 0 Å². The number of hydrogen-bond donors (Lipinski definition) is 2. The minimum atomic E-state index is -0.678. The van der Waals surface area contributed by atoms with Gasteiger partial charge in [-0.1, -0.05) is 13.8 Å². The quantitative estimate of drug-likeness (QED) is 0.488. The molecule has 0 amide bonds. The summed E-state index contributed by atoms with van der Waals surface area (Å²) < 4.78 is 26.4. The highest BCUT2D eigenvalue weighted by Gasteiger charge is 2.15. The smallest absolute Gasteiger partial charge is 0.237 e. The van der Waals surface area contributed by atoms with Crippen LogP contribution < -0.4 is 5.32 Å². The van der Waals surface area contributed by atoms with E-state index in [4.69, 9.17) is 5.41 Å². The molecule has 18 heavy (non-hydrogen) atoms. The molecule has 0 radical (unpaired) electrons. The Labute approximate surface area is 113 Å². The fourth-order valence-electron chi connectivity index (χ4n) is 1.37. The Balaban J connectivity index is 3.06. The highest BCUT2D eigenvalue weighted by atomic mass is 79.9. The molecule has 0 fully saturated rings. The number of hydrogen-bond acceptors (Lipinski definition) is 1. The topological polar surface area (TPSA) is 52.8 Å². The van der Waals surface area contributed by atoms with Gasteiger partial charge < -0.3 is 0 Å². The molecule has 3 N–H and O–H groups in total. The van der Waals surface area contributed by atoms with E-state index < -0.39 is 11.6 Å². The number of amidine groups is 2. The van der Waals surface area contributed by atoms with Crippen LogP contribution in [0.1, 0.15) is 19.4 Å². The summed E-state index contributed by atoms with van der Waals surface area (Å²) >= 11 is 2.90. The second-order valence-electron chi connectivity index (χ2n) is 4.25. The second kappa shape index (κ2) is 6.70. The van der Waals surface area contributed by atoms with Crippen molar-refractivity contribution < 1.29 is 14.1 Å². The van der Waals surface area contributed by atoms with Crippen molar-refractivity contribution in [3.05, 3.63) is 35.4 Å². The first-order chi connectivity index (χ1) is 8.40. The molecule has 0 heterocycles. The third-order valence-corrected chi connectivity index (χ3v) is 2.39. The van der Waals surface area contributed by atoms with Crippen molar-refractivity contribution in [2.75, 3.05) is 6.54 Å². The number of nitrogens with two attached hydrogens (primary N) is 1. The van der Waals surface area contributed by atoms with Crippen molar-refractivity contribution in [2.45, 2.75) is 13.8 Å². The minimum Gasteiger partial charge on any atom is -0.296 e. The molecule has 0 spiro atoms. The van der Waals surface area contributed by atoms with E-state index in [1.54, 1.807) is 5.32 Å². The number of rotatable bonds is 3. The van der Waals surface area contributed by atoms with Crippen LogP contribution in [0.3, 0.4) is 0 Å². The summed E-state index contributed by atoms with van der Waals surface area (Å²) in [5, 5.41) is 9.03. The molecule has 6 heteroatoms. The Morgan fingerprint density at radius 1 is 1.44 bits per heavy atom. The predicted octanol–water partition coefficient (Wildman–Crippen LogP) is 2.26. The summed E-state index contributed by atoms with van der Waals surface area (Å²) in [6, 6.07) is 3.32. The molecule has 0 atom stereocenters. The van der Waals surface area contributed by atoms with Gasteiger partial charge in [0.2, 0.25) is 5.84 Å². The standard InChI is InChI=1S/C12H14BrF2N3/c1-7(2)6-17-11(18-12(13)16)9-4-3-8(14)5-10(9)15/h3-5,7H,6H2,1-2H3,(H2,16,17,18)/p+1. The van der Waals surface area contributed by atoms with E-state index in [2.05, 4.69) is 20.9 Å². The van der Waals surface area contributed by atoms with Gasteiger partial charge in [0, 0.05) is 12.0 Å². The summed E-state index contributed by atoms with van der Waals surface area (Å²) in [5.74, 6) is -0.581. The lowest BCUT2D eigenvalue weighted by Crippen LogP contribution is -2.89. The minimum absolute atomic E-state index is 0.0961. The molecule has 98 valence electrons. The van der Waals surface area contributed by atoms with Gasteiger partial charge in [-0.3, -0.25) is 10.7 Å². The van der Waals surface area contributed by atoms with E-state index in [1.165, 1.54) is 12.1 Å². The summed E-state index contributed by atoms with van der Waals surface area (Å²) in [6.45, 7) is 4.75. The lowest BCUT2D eigenvalue weighted by Gasteiger charge is -2.07. The first-order valence-electron chi connectivity index (χ1n) is 5.51. The van der Waals surface area contributed by atoms with Crippen LogP contribution in [0.25, 0.3) is 0 Å². The number of benzene rings is 1. The van der Waals surface area contributed by atoms with Gasteiger partial charge in [0.15, 0.2) is 4.74 Å². The van der Waals surface area contributed by atoms with E-state index in [9.17, 15) is 8.78 Å². The van der Waals surface area contributed by atoms with E-state index in [0.29, 0.717) is 18.3 Å². The molecule has 3 nitrogen and oxygen atoms in total. The zero-order valence-corrected chi connectivity index (χ0v) is 11.8. The lowest BCUT2D eigenvalue weighted by molar-refractivity contribution is -0.545. The average molecular weight is 319 g/mol. The molecule has 1 aromatic carbocycles. The maximum absolute atomic E-state index is 13.6. The van der Waals surface area contributed by atoms with Crippen molar-refractivity contribution in [1.29, 1.82) is 5.41 Å². The molecular formula is C12H15BrF2N3+. The summed E-state index contributed by atoms with van der Waals surface area (Å²) in [4.78, 5) is 3.91. The SMILES string of the molecule is CC(C)C[NH2+]/C(=N\C(=N)Br)c1ccc(F)cc1F. The van der Waals surface area contributed by atoms with Gasteiger partial charge in [-0.05, 0) is 28.1 Å².